The van der Waals surface area contributed by atoms with Gasteiger partial charge >= 0.3 is 28.7 Å². The number of aliphatic hydroxyl groups is 3. The summed E-state index contributed by atoms with van der Waals surface area (Å²) < 4.78 is 31.9. The van der Waals surface area contributed by atoms with Crippen LogP contribution in [0.2, 0.25) is 0 Å². The molecule has 15 rings (SSSR count). The number of aryl methyl sites for hydroxylation is 3. The van der Waals surface area contributed by atoms with Crippen molar-refractivity contribution in [2.75, 3.05) is 47.5 Å². The maximum Gasteiger partial charge on any atom is 3.00 e. The Morgan fingerprint density at radius 2 is 1.46 bits per heavy atom. The largest absolute Gasteiger partial charge is 3.00 e. The fraction of sp³-hybridized carbons (Fsp3) is 0.553. The number of phosphoric acid groups is 1. The third-order valence-electron chi connectivity index (χ3n) is 32.7. The maximum atomic E-state index is 14.4. The molecule has 9 amide bonds. The summed E-state index contributed by atoms with van der Waals surface area (Å²) in [7, 11) is -5.32. The van der Waals surface area contributed by atoms with Crippen molar-refractivity contribution < 1.29 is 123 Å². The zero-order valence-corrected chi connectivity index (χ0v) is 87.3. The first kappa shape index (κ1) is 116. The molecule has 8 bridgehead atoms. The predicted molar refractivity (Wildman–Crippen MR) is 544 cm³/mol. The molecule has 22 atom stereocenters. The maximum absolute atomic E-state index is 14.4. The first-order valence-electron chi connectivity index (χ1n) is 49.4. The van der Waals surface area contributed by atoms with Crippen LogP contribution in [0.3, 0.4) is 0 Å². The number of aliphatic imine (C=N–C) groups is 3. The van der Waals surface area contributed by atoms with Gasteiger partial charge in [0.25, 0.3) is 19.3 Å². The van der Waals surface area contributed by atoms with Crippen molar-refractivity contribution in [2.24, 2.45) is 112 Å². The molecular weight excluding hydrogens is 1990 g/mol. The van der Waals surface area contributed by atoms with Gasteiger partial charge in [-0.05, 0) is 229 Å². The first-order chi connectivity index (χ1) is 69.5. The monoisotopic (exact) mass is 2120 g/mol. The minimum atomic E-state index is -5.32. The van der Waals surface area contributed by atoms with Gasteiger partial charge in [-0.1, -0.05) is 59.6 Å². The fourth-order valence-electron chi connectivity index (χ4n) is 24.5. The second kappa shape index (κ2) is 46.2. The number of phenols is 1. The number of ether oxygens (including phenoxy) is 1. The second-order valence-electron chi connectivity index (χ2n) is 42.2. The van der Waals surface area contributed by atoms with E-state index in [4.69, 9.17) is 97.6 Å². The van der Waals surface area contributed by atoms with Crippen molar-refractivity contribution in [1.82, 2.24) is 30.2 Å². The topological polar surface area (TPSA) is 749 Å². The van der Waals surface area contributed by atoms with Gasteiger partial charge in [-0.25, -0.2) is 9.78 Å². The number of aliphatic hydroxyl groups excluding tert-OH is 2. The quantitative estimate of drug-likeness (QED) is 0.00906. The zero-order valence-electron chi connectivity index (χ0n) is 85.4. The Balaban J connectivity index is 0.000000286. The molecule has 0 spiro atoms. The standard InChI is InChI=1S/C62H90N13O14P.C20H23N7O7.C20H24O2.CN.Co/c1-29-20-39-40(21-30(29)2)75(28-70-39)57-52(84)53(41(27-76)87-57)89-90(85,86)88-31(3)26-69-49(83)18-19-59(8)37(22-46(66)80)56-62(11)61(10,25-48(68)82)36(14-17-45(65)79)51(74-62)33(5)55-60(9,24-47(67)81)34(12-15-43(63)77)38(71-55)23-42-58(6,7)35(13-16-44(64)78)50(72-42)32(4)54(59)73-56;21-20-25-16-15(18(32)26-20)27(9-28)12(8-23-16)7-22-11-3-1-10(2-4-11)17(31)24-13(19(33)34)5-6-14(29)30;1-3-20(22)11-9-18-17-6-4-13-12-14(21)5-7-15(13)16(17)8-10-19(18,20)2;1-2;/h20-21,23,28,31,34-37,41,52-53,56-57,76,84H,12-19,22,24-27H2,1-11H3,(H15,63,64,65,66,67,68,69,71,72,73,74,77,78,79,80,81,82,83,85,86);1-4,9,12-13,22H,5-8H2,(H,24,31)(H,29,30)(H,33,34)(H4,21,23,25,26,32);1,5,7,12,16-18,21-22H,4,6,8-11H2,2H3;;/q;;;-1;+3/p-2/t31-,34-,35-,36-,37+,41-,52-,53-,56-,57+,59-,60+,61+,62+;12?,13-;16-,17-,18+,19+,20+;;/m101../s1. The molecule has 25 N–H and O–H groups in total. The number of nitrogens with two attached hydrogens (primary N) is 7. The van der Waals surface area contributed by atoms with Gasteiger partial charge < -0.3 is 137 Å². The number of phosphoric ester groups is 1. The van der Waals surface area contributed by atoms with E-state index in [1.54, 1.807) is 19.1 Å². The van der Waals surface area contributed by atoms with Crippen LogP contribution in [0.4, 0.5) is 23.1 Å². The number of H-pyrrole nitrogens is 1. The van der Waals surface area contributed by atoms with Gasteiger partial charge in [0.2, 0.25) is 53.7 Å². The number of carbonyl (C=O) groups excluding carboxylic acids is 9. The molecule has 2 saturated carbocycles. The molecule has 2 unspecified atom stereocenters. The number of aromatic hydroxyl groups is 1. The number of anilines is 4. The Labute approximate surface area is 872 Å². The number of carboxylic acid groups (broad SMARTS) is 2. The van der Waals surface area contributed by atoms with Gasteiger partial charge in [0.15, 0.2) is 17.7 Å². The molecule has 804 valence electrons. The van der Waals surface area contributed by atoms with Crippen LogP contribution in [-0.4, -0.2) is 213 Å². The van der Waals surface area contributed by atoms with Gasteiger partial charge in [0.05, 0.1) is 47.3 Å². The molecule has 2 aromatic heterocycles. The molecule has 2 saturated heterocycles. The number of fused-ring (bicyclic) bond motifs is 13. The Morgan fingerprint density at radius 3 is 2.07 bits per heavy atom. The average molecular weight is 2130 g/mol. The predicted octanol–water partition coefficient (Wildman–Crippen LogP) is 6.29. The van der Waals surface area contributed by atoms with Gasteiger partial charge in [-0.2, -0.15) is 10.7 Å². The van der Waals surface area contributed by atoms with Crippen LogP contribution in [0.25, 0.3) is 16.4 Å². The van der Waals surface area contributed by atoms with E-state index < -0.39 is 191 Å². The number of nitrogens with zero attached hydrogens (tertiary/aromatic N) is 9. The summed E-state index contributed by atoms with van der Waals surface area (Å²) in [5.74, 6) is -5.59. The number of allylic oxidation sites excluding steroid dienone is 6. The van der Waals surface area contributed by atoms with Crippen LogP contribution >= 0.6 is 7.82 Å². The number of amides is 9. The SMILES string of the molecule is C#C[C@]1(O)CC[C@H]2[C@@H]3CCc4cc(O)ccc4[C@H]3CC[C@@]21C.C/C1=C2/[N-][C@H]([C@H](CC(N)=O)[C@@]2(C)CCC(=O)NC[C@@H](C)OP(=O)([O-])O[C@H]2[C@@H](O)[C@@H](n3cnc4cc(C)c(C)cc43)O[C@@H]2CO)[C@]2(C)N=C(/C(C)=C3N=C(/C=C4N=C1[C@@H](CCC(N)=O)C\4(C)C)[C@@H](CCC(N)=O)[C@]\3(C)CC(N)=O)[C@@H](CCC(N)=O)[C@]2(C)CC(N)=O.Nc1nc2c(c(=O)[nH]1)N(C=O)C(CNc1ccc(C(=O)N[C@@H](CCC(=O)O)C(=O)O)cc1)CN2.[C-]#N.[Co+3]. The number of carboxylic acids is 2. The molecule has 3 aromatic carbocycles. The number of nitrogen functional groups attached to an aromatic ring is 1. The van der Waals surface area contributed by atoms with Crippen LogP contribution in [-0.2, 0) is 89.5 Å². The summed E-state index contributed by atoms with van der Waals surface area (Å²) in [5, 5.41) is 83.3. The van der Waals surface area contributed by atoms with Crippen molar-refractivity contribution in [3.05, 3.63) is 145 Å². The molecule has 10 aliphatic rings. The number of aromatic amines is 1. The number of phenolic OH excluding ortho intramolecular Hbond substituents is 1. The summed E-state index contributed by atoms with van der Waals surface area (Å²) in [6.45, 7) is 26.5. The average Bonchev–Trinajstić information content (AvgIpc) is 1.52. The minimum Gasteiger partial charge on any atom is -0.756 e. The van der Waals surface area contributed by atoms with E-state index >= 15 is 0 Å². The molecule has 44 nitrogen and oxygen atoms in total. The number of hydrogen-bond donors (Lipinski definition) is 18. The normalized spacial score (nSPS) is 30.5. The van der Waals surface area contributed by atoms with Crippen molar-refractivity contribution in [3.63, 3.8) is 0 Å². The summed E-state index contributed by atoms with van der Waals surface area (Å²) in [4.78, 5) is 194. The number of benzene rings is 3. The van der Waals surface area contributed by atoms with E-state index in [1.807, 2.05) is 92.7 Å². The van der Waals surface area contributed by atoms with Gasteiger partial charge in [0, 0.05) is 144 Å². The number of aliphatic carboxylic acids is 2. The van der Waals surface area contributed by atoms with E-state index in [0.717, 1.165) is 49.7 Å². The number of aromatic nitrogens is 4. The minimum absolute atomic E-state index is 0. The van der Waals surface area contributed by atoms with E-state index in [0.29, 0.717) is 98.6 Å². The number of hydrogen-bond acceptors (Lipinski definition) is 30. The van der Waals surface area contributed by atoms with E-state index in [1.165, 1.54) is 46.0 Å². The smallest absolute Gasteiger partial charge is 0.756 e. The summed E-state index contributed by atoms with van der Waals surface area (Å²) >= 11 is 0. The van der Waals surface area contributed by atoms with E-state index in [2.05, 4.69) is 55.1 Å². The van der Waals surface area contributed by atoms with Crippen molar-refractivity contribution in [1.29, 1.82) is 5.26 Å². The van der Waals surface area contributed by atoms with Gasteiger partial charge in [-0.3, -0.25) is 77.3 Å². The molecule has 5 aromatic rings. The van der Waals surface area contributed by atoms with Crippen molar-refractivity contribution in [3.8, 4) is 18.1 Å². The Morgan fingerprint density at radius 1 is 0.812 bits per heavy atom. The third-order valence-corrected chi connectivity index (χ3v) is 33.8. The van der Waals surface area contributed by atoms with Gasteiger partial charge in [0.1, 0.15) is 35.7 Å². The number of imidazole rings is 1. The van der Waals surface area contributed by atoms with Crippen LogP contribution in [0.1, 0.15) is 230 Å². The number of rotatable bonds is 36. The summed E-state index contributed by atoms with van der Waals surface area (Å²) in [5.41, 5.74) is 44.2. The fourth-order valence-corrected chi connectivity index (χ4v) is 25.7. The zero-order chi connectivity index (χ0) is 109. The molecular formula is C103H135CoN21O23P. The Hall–Kier alpha value is -13.1. The Bertz CT molecular complexity index is 6430. The molecule has 9 heterocycles. The summed E-state index contributed by atoms with van der Waals surface area (Å²) in [6.07, 6.45) is 6.88. The number of primary amides is 6. The van der Waals surface area contributed by atoms with Crippen molar-refractivity contribution in [2.45, 2.75) is 271 Å². The van der Waals surface area contributed by atoms with Crippen LogP contribution in [0.15, 0.2) is 115 Å². The van der Waals surface area contributed by atoms with Crippen molar-refractivity contribution >= 4 is 125 Å². The van der Waals surface area contributed by atoms with E-state index in [9.17, 15) is 92.5 Å². The van der Waals surface area contributed by atoms with Crippen LogP contribution in [0, 0.1) is 101 Å². The van der Waals surface area contributed by atoms with E-state index in [-0.39, 0.29) is 135 Å². The van der Waals surface area contributed by atoms with Crippen LogP contribution in [0.5, 0.6) is 5.75 Å². The summed E-state index contributed by atoms with van der Waals surface area (Å²) in [6, 6.07) is 12.9. The number of nitrogens with one attached hydrogen (secondary N) is 5. The third kappa shape index (κ3) is 23.7. The molecule has 0 radical (unpaired) electrons. The molecule has 7 aliphatic heterocycles. The molecule has 4 fully saturated rings. The first-order valence-corrected chi connectivity index (χ1v) is 50.8. The Kier molecular flexibility index (Phi) is 36.0. The second-order valence-corrected chi connectivity index (χ2v) is 43.6. The molecule has 46 heteroatoms. The van der Waals surface area contributed by atoms with Gasteiger partial charge in [-0.15, -0.1) is 6.42 Å². The number of carbonyl (C=O) groups is 11. The molecule has 3 aliphatic carbocycles. The van der Waals surface area contributed by atoms with Crippen LogP contribution < -0.4 is 76.8 Å². The number of terminal acetylenes is 1. The molecule has 149 heavy (non-hydrogen) atoms.